The maximum absolute atomic E-state index is 12.9. The first-order valence-electron chi connectivity index (χ1n) is 9.74. The minimum Gasteiger partial charge on any atom is -0.383 e. The van der Waals surface area contributed by atoms with Crippen molar-refractivity contribution in [1.82, 2.24) is 9.55 Å². The lowest BCUT2D eigenvalue weighted by atomic mass is 10.1. The largest absolute Gasteiger partial charge is 0.416 e. The van der Waals surface area contributed by atoms with Gasteiger partial charge in [0.1, 0.15) is 5.82 Å². The molecule has 2 rings (SSSR count). The summed E-state index contributed by atoms with van der Waals surface area (Å²) in [5, 5.41) is 0. The number of carbonyl (C=O) groups is 1. The zero-order chi connectivity index (χ0) is 24.1. The van der Waals surface area contributed by atoms with Crippen molar-refractivity contribution in [3.63, 3.8) is 0 Å². The quantitative estimate of drug-likeness (QED) is 0.596. The fraction of sp³-hybridized carbons (Fsp3) is 0.381. The van der Waals surface area contributed by atoms with E-state index in [4.69, 9.17) is 10.5 Å². The lowest BCUT2D eigenvalue weighted by Gasteiger charge is -2.23. The summed E-state index contributed by atoms with van der Waals surface area (Å²) < 4.78 is 44.9. The van der Waals surface area contributed by atoms with Crippen LogP contribution in [0.2, 0.25) is 0 Å². The molecule has 0 aliphatic rings. The maximum atomic E-state index is 12.9. The molecule has 1 amide bonds. The number of ether oxygens (including phenoxy) is 1. The second-order valence-electron chi connectivity index (χ2n) is 7.44. The summed E-state index contributed by atoms with van der Waals surface area (Å²) in [6.45, 7) is 3.88. The van der Waals surface area contributed by atoms with Crippen molar-refractivity contribution in [3.8, 4) is 0 Å². The lowest BCUT2D eigenvalue weighted by Crippen LogP contribution is -2.42. The molecule has 1 heterocycles. The monoisotopic (exact) mass is 454 g/mol. The van der Waals surface area contributed by atoms with Gasteiger partial charge in [-0.05, 0) is 29.7 Å². The number of alkyl halides is 3. The number of halogens is 3. The highest BCUT2D eigenvalue weighted by Crippen LogP contribution is 2.29. The molecule has 0 radical (unpaired) electrons. The Morgan fingerprint density at radius 1 is 1.31 bits per heavy atom. The average molecular weight is 454 g/mol. The van der Waals surface area contributed by atoms with Crippen LogP contribution in [-0.2, 0) is 22.3 Å². The topological polar surface area (TPSA) is 110 Å². The van der Waals surface area contributed by atoms with Gasteiger partial charge in [-0.25, -0.2) is 4.79 Å². The molecule has 0 bridgehead atoms. The van der Waals surface area contributed by atoms with Crippen molar-refractivity contribution in [3.05, 3.63) is 62.3 Å². The van der Waals surface area contributed by atoms with Gasteiger partial charge in [-0.2, -0.15) is 13.2 Å². The molecule has 0 saturated heterocycles. The average Bonchev–Trinajstić information content (AvgIpc) is 2.71. The van der Waals surface area contributed by atoms with E-state index in [-0.39, 0.29) is 42.7 Å². The van der Waals surface area contributed by atoms with Gasteiger partial charge in [0, 0.05) is 26.3 Å². The molecule has 0 aliphatic heterocycles. The van der Waals surface area contributed by atoms with Crippen LogP contribution >= 0.6 is 0 Å². The Morgan fingerprint density at radius 2 is 2.00 bits per heavy atom. The molecular weight excluding hydrogens is 429 g/mol. The van der Waals surface area contributed by atoms with Gasteiger partial charge >= 0.3 is 11.9 Å². The van der Waals surface area contributed by atoms with Gasteiger partial charge in [-0.15, -0.1) is 0 Å². The van der Waals surface area contributed by atoms with E-state index in [0.717, 1.165) is 27.7 Å². The molecule has 0 spiro atoms. The van der Waals surface area contributed by atoms with Crippen molar-refractivity contribution in [2.75, 3.05) is 30.9 Å². The molecule has 0 fully saturated rings. The summed E-state index contributed by atoms with van der Waals surface area (Å²) in [4.78, 5) is 40.7. The number of aromatic amines is 1. The number of amides is 1. The minimum atomic E-state index is -4.52. The van der Waals surface area contributed by atoms with Crippen LogP contribution in [0.3, 0.4) is 0 Å². The number of rotatable bonds is 8. The predicted molar refractivity (Wildman–Crippen MR) is 115 cm³/mol. The number of nitrogens with zero attached hydrogens (tertiary/aromatic N) is 2. The van der Waals surface area contributed by atoms with Gasteiger partial charge in [-0.3, -0.25) is 24.0 Å². The molecule has 0 unspecified atom stereocenters. The fourth-order valence-corrected chi connectivity index (χ4v) is 2.98. The molecule has 2 aromatic rings. The number of nitrogens with one attached hydrogen (secondary N) is 1. The van der Waals surface area contributed by atoms with E-state index in [9.17, 15) is 27.6 Å². The van der Waals surface area contributed by atoms with E-state index in [0.29, 0.717) is 0 Å². The lowest BCUT2D eigenvalue weighted by molar-refractivity contribution is -0.137. The molecule has 1 aromatic carbocycles. The summed E-state index contributed by atoms with van der Waals surface area (Å²) >= 11 is 0. The van der Waals surface area contributed by atoms with Gasteiger partial charge in [0.2, 0.25) is 0 Å². The van der Waals surface area contributed by atoms with Crippen LogP contribution in [0.25, 0.3) is 6.08 Å². The van der Waals surface area contributed by atoms with Crippen LogP contribution in [0.1, 0.15) is 25.0 Å². The Kier molecular flexibility index (Phi) is 8.03. The van der Waals surface area contributed by atoms with Crippen LogP contribution in [0.4, 0.5) is 24.7 Å². The van der Waals surface area contributed by atoms with Crippen LogP contribution in [0.15, 0.2) is 39.9 Å². The first-order chi connectivity index (χ1) is 15.0. The van der Waals surface area contributed by atoms with Gasteiger partial charge in [-0.1, -0.05) is 26.0 Å². The molecule has 1 aromatic heterocycles. The second kappa shape index (κ2) is 10.3. The smallest absolute Gasteiger partial charge is 0.383 e. The number of H-pyrrole nitrogens is 1. The normalized spacial score (nSPS) is 12.0. The van der Waals surface area contributed by atoms with Crippen LogP contribution in [0, 0.1) is 5.92 Å². The van der Waals surface area contributed by atoms with E-state index < -0.39 is 28.9 Å². The van der Waals surface area contributed by atoms with E-state index in [1.165, 1.54) is 25.3 Å². The van der Waals surface area contributed by atoms with Gasteiger partial charge in [0.25, 0.3) is 11.5 Å². The first kappa shape index (κ1) is 24.9. The summed E-state index contributed by atoms with van der Waals surface area (Å²) in [5.41, 5.74) is 3.57. The molecule has 0 aliphatic carbocycles. The SMILES string of the molecule is COCCN(C(=O)/C=C/c1cccc(C(F)(F)F)c1)c1c(N)n(CC(C)C)c(=O)[nH]c1=O. The molecule has 3 N–H and O–H groups in total. The number of nitrogens with two attached hydrogens (primary N) is 1. The van der Waals surface area contributed by atoms with Gasteiger partial charge in [0.05, 0.1) is 12.2 Å². The summed E-state index contributed by atoms with van der Waals surface area (Å²) in [5.74, 6) is -0.881. The van der Waals surface area contributed by atoms with Crippen molar-refractivity contribution in [2.24, 2.45) is 5.92 Å². The Morgan fingerprint density at radius 3 is 2.59 bits per heavy atom. The molecule has 32 heavy (non-hydrogen) atoms. The Bertz CT molecular complexity index is 1100. The zero-order valence-corrected chi connectivity index (χ0v) is 17.9. The van der Waals surface area contributed by atoms with Crippen LogP contribution < -0.4 is 21.9 Å². The molecule has 174 valence electrons. The third kappa shape index (κ3) is 6.10. The second-order valence-corrected chi connectivity index (χ2v) is 7.44. The third-order valence-corrected chi connectivity index (χ3v) is 4.45. The number of aromatic nitrogens is 2. The van der Waals surface area contributed by atoms with Crippen LogP contribution in [-0.4, -0.2) is 35.7 Å². The van der Waals surface area contributed by atoms with Crippen molar-refractivity contribution >= 4 is 23.5 Å². The van der Waals surface area contributed by atoms with Crippen molar-refractivity contribution in [1.29, 1.82) is 0 Å². The van der Waals surface area contributed by atoms with E-state index >= 15 is 0 Å². The van der Waals surface area contributed by atoms with Gasteiger partial charge in [0.15, 0.2) is 5.69 Å². The number of carbonyl (C=O) groups excluding carboxylic acids is 1. The first-order valence-corrected chi connectivity index (χ1v) is 9.74. The third-order valence-electron chi connectivity index (χ3n) is 4.45. The fourth-order valence-electron chi connectivity index (χ4n) is 2.98. The van der Waals surface area contributed by atoms with E-state index in [1.54, 1.807) is 0 Å². The van der Waals surface area contributed by atoms with E-state index in [2.05, 4.69) is 4.98 Å². The number of hydrogen-bond donors (Lipinski definition) is 2. The highest BCUT2D eigenvalue weighted by atomic mass is 19.4. The number of anilines is 2. The highest BCUT2D eigenvalue weighted by molar-refractivity contribution is 6.05. The maximum Gasteiger partial charge on any atom is 0.416 e. The molecule has 11 heteroatoms. The van der Waals surface area contributed by atoms with Crippen molar-refractivity contribution < 1.29 is 22.7 Å². The number of benzene rings is 1. The molecule has 0 atom stereocenters. The van der Waals surface area contributed by atoms with E-state index in [1.807, 2.05) is 13.8 Å². The van der Waals surface area contributed by atoms with Crippen LogP contribution in [0.5, 0.6) is 0 Å². The summed E-state index contributed by atoms with van der Waals surface area (Å²) in [7, 11) is 1.40. The number of methoxy groups -OCH3 is 1. The van der Waals surface area contributed by atoms with Gasteiger partial charge < -0.3 is 10.5 Å². The molecule has 0 saturated carbocycles. The summed E-state index contributed by atoms with van der Waals surface area (Å²) in [6.07, 6.45) is -2.29. The standard InChI is InChI=1S/C21H25F3N4O4/c1-13(2)12-28-18(25)17(19(30)26-20(28)31)27(9-10-32-3)16(29)8-7-14-5-4-6-15(11-14)21(22,23)24/h4-8,11,13H,9-10,12,25H2,1-3H3,(H,26,30,31)/b8-7+. The number of nitrogen functional groups attached to an aromatic ring is 1. The Balaban J connectivity index is 2.47. The Hall–Kier alpha value is -3.34. The highest BCUT2D eigenvalue weighted by Gasteiger charge is 2.30. The Labute approximate surface area is 182 Å². The minimum absolute atomic E-state index is 0.0256. The van der Waals surface area contributed by atoms with Crippen molar-refractivity contribution in [2.45, 2.75) is 26.6 Å². The zero-order valence-electron chi connectivity index (χ0n) is 17.9. The predicted octanol–water partition coefficient (Wildman–Crippen LogP) is 2.49. The number of hydrogen-bond acceptors (Lipinski definition) is 5. The molecular formula is C21H25F3N4O4. The molecule has 8 nitrogen and oxygen atoms in total. The summed E-state index contributed by atoms with van der Waals surface area (Å²) in [6, 6.07) is 4.44.